The van der Waals surface area contributed by atoms with Crippen molar-refractivity contribution in [3.63, 3.8) is 0 Å². The van der Waals surface area contributed by atoms with Crippen molar-refractivity contribution in [2.24, 2.45) is 5.92 Å². The largest absolute Gasteiger partial charge is 0.294 e. The monoisotopic (exact) mass is 309 g/mol. The average Bonchev–Trinajstić information content (AvgIpc) is 2.62. The molecule has 0 aliphatic heterocycles. The van der Waals surface area contributed by atoms with Crippen LogP contribution in [0.5, 0.6) is 0 Å². The van der Waals surface area contributed by atoms with Gasteiger partial charge < -0.3 is 0 Å². The lowest BCUT2D eigenvalue weighted by Gasteiger charge is -2.29. The van der Waals surface area contributed by atoms with Crippen LogP contribution in [0.1, 0.15) is 43.2 Å². The predicted octanol–water partition coefficient (Wildman–Crippen LogP) is 5.20. The van der Waals surface area contributed by atoms with Crippen LogP contribution < -0.4 is 0 Å². The van der Waals surface area contributed by atoms with Crippen LogP contribution in [0.25, 0.3) is 0 Å². The molecule has 0 amide bonds. The molecule has 0 aromatic heterocycles. The first-order valence-electron chi connectivity index (χ1n) is 8.86. The molecule has 1 aliphatic carbocycles. The minimum atomic E-state index is 0.653. The van der Waals surface area contributed by atoms with Crippen molar-refractivity contribution >= 4 is 0 Å². The van der Waals surface area contributed by atoms with Crippen molar-refractivity contribution in [1.29, 1.82) is 0 Å². The Morgan fingerprint density at radius 2 is 1.39 bits per heavy atom. The molecule has 0 unspecified atom stereocenters. The van der Waals surface area contributed by atoms with Crippen LogP contribution in [0.3, 0.4) is 0 Å². The first-order valence-corrected chi connectivity index (χ1v) is 8.86. The molecule has 0 N–H and O–H groups in total. The molecule has 0 heterocycles. The fourth-order valence-corrected chi connectivity index (χ4v) is 3.35. The maximum atomic E-state index is 6.17. The van der Waals surface area contributed by atoms with Gasteiger partial charge in [0.2, 0.25) is 0 Å². The lowest BCUT2D eigenvalue weighted by Crippen LogP contribution is -2.30. The number of hydrogen-bond donors (Lipinski definition) is 0. The van der Waals surface area contributed by atoms with Gasteiger partial charge in [0.05, 0.1) is 6.61 Å². The molecule has 2 nitrogen and oxygen atoms in total. The van der Waals surface area contributed by atoms with Gasteiger partial charge in [-0.2, -0.15) is 5.06 Å². The molecule has 1 saturated carbocycles. The summed E-state index contributed by atoms with van der Waals surface area (Å²) in [6.07, 6.45) is 6.85. The number of rotatable bonds is 7. The third-order valence-electron chi connectivity index (χ3n) is 4.64. The fourth-order valence-electron chi connectivity index (χ4n) is 3.35. The van der Waals surface area contributed by atoms with Gasteiger partial charge in [-0.15, -0.1) is 0 Å². The highest BCUT2D eigenvalue weighted by atomic mass is 16.7. The van der Waals surface area contributed by atoms with Gasteiger partial charge in [0.1, 0.15) is 0 Å². The van der Waals surface area contributed by atoms with Gasteiger partial charge in [-0.1, -0.05) is 79.9 Å². The molecular formula is C21H27NO. The summed E-state index contributed by atoms with van der Waals surface area (Å²) in [6.45, 7) is 2.56. The van der Waals surface area contributed by atoms with Crippen molar-refractivity contribution in [1.82, 2.24) is 5.06 Å². The summed E-state index contributed by atoms with van der Waals surface area (Å²) < 4.78 is 0. The summed E-state index contributed by atoms with van der Waals surface area (Å²) in [5.41, 5.74) is 2.55. The molecule has 0 radical (unpaired) electrons. The molecule has 0 bridgehead atoms. The Balaban J connectivity index is 1.60. The zero-order valence-electron chi connectivity index (χ0n) is 13.9. The van der Waals surface area contributed by atoms with Crippen LogP contribution in [0.15, 0.2) is 60.7 Å². The van der Waals surface area contributed by atoms with Crippen LogP contribution in [0.2, 0.25) is 0 Å². The standard InChI is InChI=1S/C21H27NO/c1-4-10-19(11-5-1)16-22(17-20-12-6-2-7-13-20)23-18-21-14-8-3-9-15-21/h1,3-5,8-11,14-15,20H,2,6-7,12-13,16-18H2. The summed E-state index contributed by atoms with van der Waals surface area (Å²) in [5, 5.41) is 2.18. The second-order valence-electron chi connectivity index (χ2n) is 6.57. The van der Waals surface area contributed by atoms with E-state index in [1.807, 2.05) is 6.07 Å². The molecule has 3 rings (SSSR count). The highest BCUT2D eigenvalue weighted by Gasteiger charge is 2.18. The molecule has 0 saturated heterocycles. The van der Waals surface area contributed by atoms with Crippen molar-refractivity contribution in [3.8, 4) is 0 Å². The topological polar surface area (TPSA) is 12.5 Å². The molecule has 2 aromatic carbocycles. The first kappa shape index (κ1) is 16.2. The third-order valence-corrected chi connectivity index (χ3v) is 4.64. The minimum absolute atomic E-state index is 0.653. The summed E-state index contributed by atoms with van der Waals surface area (Å²) in [6, 6.07) is 21.1. The Morgan fingerprint density at radius 3 is 2.04 bits per heavy atom. The van der Waals surface area contributed by atoms with E-state index in [0.29, 0.717) is 6.61 Å². The number of hydrogen-bond acceptors (Lipinski definition) is 2. The van der Waals surface area contributed by atoms with E-state index in [9.17, 15) is 0 Å². The average molecular weight is 309 g/mol. The van der Waals surface area contributed by atoms with E-state index in [0.717, 1.165) is 19.0 Å². The molecule has 0 spiro atoms. The Bertz CT molecular complexity index is 549. The molecule has 23 heavy (non-hydrogen) atoms. The van der Waals surface area contributed by atoms with Gasteiger partial charge in [0.15, 0.2) is 0 Å². The molecule has 1 fully saturated rings. The number of hydroxylamine groups is 2. The molecule has 2 aromatic rings. The summed E-state index contributed by atoms with van der Waals surface area (Å²) >= 11 is 0. The van der Waals surface area contributed by atoms with Gasteiger partial charge in [-0.3, -0.25) is 4.84 Å². The number of nitrogens with zero attached hydrogens (tertiary/aromatic N) is 1. The highest BCUT2D eigenvalue weighted by molar-refractivity contribution is 5.15. The van der Waals surface area contributed by atoms with E-state index in [2.05, 4.69) is 59.7 Å². The maximum absolute atomic E-state index is 6.17. The van der Waals surface area contributed by atoms with Crippen molar-refractivity contribution in [2.75, 3.05) is 6.54 Å². The normalized spacial score (nSPS) is 15.9. The zero-order chi connectivity index (χ0) is 15.7. The second kappa shape index (κ2) is 8.85. The van der Waals surface area contributed by atoms with Crippen LogP contribution >= 0.6 is 0 Å². The predicted molar refractivity (Wildman–Crippen MR) is 94.7 cm³/mol. The first-order chi connectivity index (χ1) is 11.4. The summed E-state index contributed by atoms with van der Waals surface area (Å²) in [5.74, 6) is 0.781. The van der Waals surface area contributed by atoms with Crippen molar-refractivity contribution in [2.45, 2.75) is 45.3 Å². The van der Waals surface area contributed by atoms with E-state index in [4.69, 9.17) is 4.84 Å². The van der Waals surface area contributed by atoms with Crippen LogP contribution in [0.4, 0.5) is 0 Å². The third kappa shape index (κ3) is 5.49. The van der Waals surface area contributed by atoms with E-state index in [-0.39, 0.29) is 0 Å². The smallest absolute Gasteiger partial charge is 0.0936 e. The lowest BCUT2D eigenvalue weighted by atomic mass is 9.89. The van der Waals surface area contributed by atoms with E-state index in [1.165, 1.54) is 43.2 Å². The van der Waals surface area contributed by atoms with Crippen LogP contribution in [0, 0.1) is 5.92 Å². The van der Waals surface area contributed by atoms with Gasteiger partial charge in [0, 0.05) is 13.1 Å². The van der Waals surface area contributed by atoms with E-state index < -0.39 is 0 Å². The van der Waals surface area contributed by atoms with Gasteiger partial charge >= 0.3 is 0 Å². The fraction of sp³-hybridized carbons (Fsp3) is 0.429. The van der Waals surface area contributed by atoms with Crippen molar-refractivity contribution in [3.05, 3.63) is 71.8 Å². The summed E-state index contributed by atoms with van der Waals surface area (Å²) in [4.78, 5) is 6.17. The Morgan fingerprint density at radius 1 is 0.783 bits per heavy atom. The highest BCUT2D eigenvalue weighted by Crippen LogP contribution is 2.25. The van der Waals surface area contributed by atoms with Gasteiger partial charge in [-0.05, 0) is 29.9 Å². The van der Waals surface area contributed by atoms with Crippen molar-refractivity contribution < 1.29 is 4.84 Å². The minimum Gasteiger partial charge on any atom is -0.294 e. The van der Waals surface area contributed by atoms with Gasteiger partial charge in [0.25, 0.3) is 0 Å². The van der Waals surface area contributed by atoms with E-state index in [1.54, 1.807) is 0 Å². The Hall–Kier alpha value is -1.64. The number of benzene rings is 2. The van der Waals surface area contributed by atoms with Crippen LogP contribution in [-0.2, 0) is 18.0 Å². The molecule has 2 heteroatoms. The van der Waals surface area contributed by atoms with E-state index >= 15 is 0 Å². The molecule has 1 aliphatic rings. The Kier molecular flexibility index (Phi) is 6.25. The maximum Gasteiger partial charge on any atom is 0.0936 e. The second-order valence-corrected chi connectivity index (χ2v) is 6.57. The molecule has 122 valence electrons. The summed E-state index contributed by atoms with van der Waals surface area (Å²) in [7, 11) is 0. The Labute approximate surface area is 140 Å². The SMILES string of the molecule is c1ccc(CON(Cc2ccccc2)CC2CCCCC2)cc1. The lowest BCUT2D eigenvalue weighted by molar-refractivity contribution is -0.185. The van der Waals surface area contributed by atoms with Crippen LogP contribution in [-0.4, -0.2) is 11.6 Å². The quantitative estimate of drug-likeness (QED) is 0.652. The molecular weight excluding hydrogens is 282 g/mol. The molecule has 0 atom stereocenters. The van der Waals surface area contributed by atoms with Gasteiger partial charge in [-0.25, -0.2) is 0 Å². The zero-order valence-corrected chi connectivity index (χ0v) is 13.9.